The number of nitrogens with two attached hydrogens (primary N) is 2. The largest absolute Gasteiger partial charge is 0.474 e. The van der Waals surface area contributed by atoms with E-state index in [1.165, 1.54) is 5.56 Å². The zero-order valence-electron chi connectivity index (χ0n) is 18.5. The van der Waals surface area contributed by atoms with Gasteiger partial charge in [0.2, 0.25) is 0 Å². The lowest BCUT2D eigenvalue weighted by Gasteiger charge is -2.34. The molecule has 0 heterocycles. The van der Waals surface area contributed by atoms with Gasteiger partial charge in [0.25, 0.3) is 0 Å². The number of nitrogen functional groups attached to an aromatic ring is 1. The van der Waals surface area contributed by atoms with Crippen molar-refractivity contribution in [2.24, 2.45) is 11.7 Å². The summed E-state index contributed by atoms with van der Waals surface area (Å²) in [4.78, 5) is 2.38. The summed E-state index contributed by atoms with van der Waals surface area (Å²) in [6.07, 6.45) is 2.83. The summed E-state index contributed by atoms with van der Waals surface area (Å²) in [6.45, 7) is 11.1. The van der Waals surface area contributed by atoms with Gasteiger partial charge in [-0.2, -0.15) is 0 Å². The molecule has 4 N–H and O–H groups in total. The monoisotopic (exact) mass is 429 g/mol. The SMILES string of the molecule is CCOP(=O)(OCC)OC[C@H](CCCCN)N(Cc1ccc(N)cc1)CC(C)C. The molecule has 0 radical (unpaired) electrons. The van der Waals surface area contributed by atoms with E-state index < -0.39 is 7.82 Å². The van der Waals surface area contributed by atoms with Crippen molar-refractivity contribution < 1.29 is 18.1 Å². The third-order valence-corrected chi connectivity index (χ3v) is 6.09. The van der Waals surface area contributed by atoms with Gasteiger partial charge in [0.05, 0.1) is 19.8 Å². The summed E-state index contributed by atoms with van der Waals surface area (Å²) in [6, 6.07) is 8.01. The molecule has 0 aliphatic carbocycles. The Balaban J connectivity index is 2.96. The van der Waals surface area contributed by atoms with E-state index in [9.17, 15) is 4.57 Å². The topological polar surface area (TPSA) is 100 Å². The molecule has 0 unspecified atom stereocenters. The van der Waals surface area contributed by atoms with Gasteiger partial charge >= 0.3 is 7.82 Å². The molecule has 0 saturated carbocycles. The van der Waals surface area contributed by atoms with Crippen LogP contribution in [0.25, 0.3) is 0 Å². The van der Waals surface area contributed by atoms with Crippen LogP contribution in [-0.4, -0.2) is 43.9 Å². The van der Waals surface area contributed by atoms with Crippen LogP contribution in [0.1, 0.15) is 52.5 Å². The number of anilines is 1. The summed E-state index contributed by atoms with van der Waals surface area (Å²) >= 11 is 0. The first-order valence-corrected chi connectivity index (χ1v) is 12.1. The van der Waals surface area contributed by atoms with Crippen LogP contribution in [0, 0.1) is 5.92 Å². The van der Waals surface area contributed by atoms with Crippen LogP contribution in [0.2, 0.25) is 0 Å². The maximum Gasteiger partial charge on any atom is 0.474 e. The van der Waals surface area contributed by atoms with Crippen molar-refractivity contribution >= 4 is 13.5 Å². The highest BCUT2D eigenvalue weighted by atomic mass is 31.2. The predicted octanol–water partition coefficient (Wildman–Crippen LogP) is 4.42. The Hall–Kier alpha value is -0.950. The molecule has 0 amide bonds. The lowest BCUT2D eigenvalue weighted by atomic mass is 10.0. The van der Waals surface area contributed by atoms with Crippen LogP contribution in [0.5, 0.6) is 0 Å². The van der Waals surface area contributed by atoms with Crippen molar-refractivity contribution in [3.63, 3.8) is 0 Å². The minimum absolute atomic E-state index is 0.0794. The molecule has 7 nitrogen and oxygen atoms in total. The van der Waals surface area contributed by atoms with E-state index in [2.05, 4.69) is 18.7 Å². The first kappa shape index (κ1) is 26.1. The number of phosphoric acid groups is 1. The quantitative estimate of drug-likeness (QED) is 0.228. The van der Waals surface area contributed by atoms with Crippen LogP contribution in [0.4, 0.5) is 5.69 Å². The first-order valence-electron chi connectivity index (χ1n) is 10.7. The molecule has 0 aliphatic rings. The van der Waals surface area contributed by atoms with Crippen molar-refractivity contribution in [2.75, 3.05) is 38.6 Å². The fourth-order valence-electron chi connectivity index (χ4n) is 3.17. The number of hydrogen-bond acceptors (Lipinski definition) is 7. The molecule has 1 aromatic rings. The maximum atomic E-state index is 12.8. The summed E-state index contributed by atoms with van der Waals surface area (Å²) in [7, 11) is -3.54. The molecule has 1 atom stereocenters. The van der Waals surface area contributed by atoms with E-state index in [4.69, 9.17) is 25.0 Å². The molecule has 0 spiro atoms. The number of rotatable bonds is 16. The molecule has 1 aromatic carbocycles. The van der Waals surface area contributed by atoms with E-state index in [1.54, 1.807) is 13.8 Å². The third-order valence-electron chi connectivity index (χ3n) is 4.47. The maximum absolute atomic E-state index is 12.8. The molecule has 1 rings (SSSR count). The van der Waals surface area contributed by atoms with Gasteiger partial charge in [-0.3, -0.25) is 18.5 Å². The summed E-state index contributed by atoms with van der Waals surface area (Å²) in [5, 5.41) is 0. The van der Waals surface area contributed by atoms with Crippen molar-refractivity contribution in [2.45, 2.75) is 59.5 Å². The van der Waals surface area contributed by atoms with E-state index in [-0.39, 0.29) is 25.9 Å². The van der Waals surface area contributed by atoms with Gasteiger partial charge in [0.15, 0.2) is 0 Å². The zero-order chi connectivity index (χ0) is 21.7. The van der Waals surface area contributed by atoms with Crippen LogP contribution in [-0.2, 0) is 24.7 Å². The zero-order valence-corrected chi connectivity index (χ0v) is 19.4. The van der Waals surface area contributed by atoms with Crippen LogP contribution in [0.15, 0.2) is 24.3 Å². The second kappa shape index (κ2) is 14.1. The average molecular weight is 430 g/mol. The van der Waals surface area contributed by atoms with Gasteiger partial charge in [0, 0.05) is 24.8 Å². The molecule has 8 heteroatoms. The average Bonchev–Trinajstić information content (AvgIpc) is 2.66. The predicted molar refractivity (Wildman–Crippen MR) is 120 cm³/mol. The molecular weight excluding hydrogens is 389 g/mol. The van der Waals surface area contributed by atoms with Gasteiger partial charge in [-0.15, -0.1) is 0 Å². The Morgan fingerprint density at radius 1 is 1.03 bits per heavy atom. The van der Waals surface area contributed by atoms with Crippen LogP contribution < -0.4 is 11.5 Å². The summed E-state index contributed by atoms with van der Waals surface area (Å²) in [5.41, 5.74) is 13.5. The fourth-order valence-corrected chi connectivity index (χ4v) is 4.38. The number of unbranched alkanes of at least 4 members (excludes halogenated alkanes) is 1. The number of phosphoric ester groups is 1. The smallest absolute Gasteiger partial charge is 0.399 e. The van der Waals surface area contributed by atoms with Crippen LogP contribution in [0.3, 0.4) is 0 Å². The van der Waals surface area contributed by atoms with Gasteiger partial charge in [0.1, 0.15) is 0 Å². The number of hydrogen-bond donors (Lipinski definition) is 2. The third kappa shape index (κ3) is 10.6. The van der Waals surface area contributed by atoms with Crippen molar-refractivity contribution in [3.05, 3.63) is 29.8 Å². The number of nitrogens with zero attached hydrogens (tertiary/aromatic N) is 1. The van der Waals surface area contributed by atoms with Gasteiger partial charge < -0.3 is 11.5 Å². The summed E-state index contributed by atoms with van der Waals surface area (Å²) in [5.74, 6) is 0.478. The normalized spacial score (nSPS) is 13.3. The Labute approximate surface area is 176 Å². The molecule has 0 fully saturated rings. The lowest BCUT2D eigenvalue weighted by Crippen LogP contribution is -2.40. The van der Waals surface area contributed by atoms with E-state index in [0.717, 1.165) is 38.0 Å². The minimum atomic E-state index is -3.54. The van der Waals surface area contributed by atoms with Crippen molar-refractivity contribution in [1.29, 1.82) is 0 Å². The van der Waals surface area contributed by atoms with Crippen molar-refractivity contribution in [3.8, 4) is 0 Å². The Morgan fingerprint density at radius 3 is 2.17 bits per heavy atom. The number of benzene rings is 1. The van der Waals surface area contributed by atoms with E-state index >= 15 is 0 Å². The molecular formula is C21H40N3O4P. The highest BCUT2D eigenvalue weighted by molar-refractivity contribution is 7.48. The second-order valence-electron chi connectivity index (χ2n) is 7.58. The molecule has 29 heavy (non-hydrogen) atoms. The standard InChI is InChI=1S/C21H40N3O4P/c1-5-26-29(25,27-6-2)28-17-21(9-7-8-14-22)24(15-18(3)4)16-19-10-12-20(23)13-11-19/h10-13,18,21H,5-9,14-17,22-23H2,1-4H3/t21-/m0/s1. The second-order valence-corrected chi connectivity index (χ2v) is 9.25. The Bertz CT molecular complexity index is 588. The molecule has 0 aromatic heterocycles. The Kier molecular flexibility index (Phi) is 12.7. The molecule has 0 saturated heterocycles. The van der Waals surface area contributed by atoms with Gasteiger partial charge in [-0.1, -0.05) is 32.4 Å². The van der Waals surface area contributed by atoms with Gasteiger partial charge in [-0.05, 0) is 56.8 Å². The molecule has 0 aliphatic heterocycles. The lowest BCUT2D eigenvalue weighted by molar-refractivity contribution is 0.0675. The Morgan fingerprint density at radius 2 is 1.66 bits per heavy atom. The van der Waals surface area contributed by atoms with E-state index in [0.29, 0.717) is 12.5 Å². The molecule has 0 bridgehead atoms. The highest BCUT2D eigenvalue weighted by Crippen LogP contribution is 2.49. The van der Waals surface area contributed by atoms with E-state index in [1.807, 2.05) is 24.3 Å². The first-order chi connectivity index (χ1) is 13.8. The van der Waals surface area contributed by atoms with Crippen LogP contribution >= 0.6 is 7.82 Å². The highest BCUT2D eigenvalue weighted by Gasteiger charge is 2.29. The minimum Gasteiger partial charge on any atom is -0.399 e. The van der Waals surface area contributed by atoms with Gasteiger partial charge in [-0.25, -0.2) is 4.57 Å². The molecule has 168 valence electrons. The fraction of sp³-hybridized carbons (Fsp3) is 0.714. The summed E-state index contributed by atoms with van der Waals surface area (Å²) < 4.78 is 29.1. The van der Waals surface area contributed by atoms with Crippen molar-refractivity contribution in [1.82, 2.24) is 4.90 Å².